The van der Waals surface area contributed by atoms with Crippen molar-refractivity contribution < 1.29 is 0 Å². The third-order valence-electron chi connectivity index (χ3n) is 1.83. The monoisotopic (exact) mass is 123 g/mol. The molecule has 0 heterocycles. The van der Waals surface area contributed by atoms with Crippen molar-refractivity contribution in [2.24, 2.45) is 5.73 Å². The Morgan fingerprint density at radius 3 is 2.67 bits per heavy atom. The predicted octanol–water partition coefficient (Wildman–Crippen LogP) is 1.61. The summed E-state index contributed by atoms with van der Waals surface area (Å²) in [5, 5.41) is 0. The number of nitrogens with two attached hydrogens (primary N) is 1. The molecule has 0 fully saturated rings. The zero-order valence-corrected chi connectivity index (χ0v) is 5.80. The summed E-state index contributed by atoms with van der Waals surface area (Å²) in [6.07, 6.45) is 10.3. The number of hydrogen-bond acceptors (Lipinski definition) is 1. The molecule has 0 saturated heterocycles. The van der Waals surface area contributed by atoms with Gasteiger partial charge in [-0.15, -0.1) is 0 Å². The molecule has 0 aromatic heterocycles. The maximum Gasteiger partial charge on any atom is 0.0374 e. The van der Waals surface area contributed by atoms with E-state index in [0.717, 1.165) is 12.8 Å². The van der Waals surface area contributed by atoms with Gasteiger partial charge in [-0.25, -0.2) is 0 Å². The zero-order chi connectivity index (χ0) is 6.74. The first-order valence-electron chi connectivity index (χ1n) is 3.40. The molecule has 1 aliphatic carbocycles. The van der Waals surface area contributed by atoms with Crippen molar-refractivity contribution in [1.29, 1.82) is 0 Å². The van der Waals surface area contributed by atoms with Crippen LogP contribution >= 0.6 is 0 Å². The molecular formula is C8H13N. The summed E-state index contributed by atoms with van der Waals surface area (Å²) in [4.78, 5) is 0. The van der Waals surface area contributed by atoms with Crippen LogP contribution < -0.4 is 5.73 Å². The van der Waals surface area contributed by atoms with Crippen LogP contribution in [0.25, 0.3) is 0 Å². The number of rotatable bonds is 1. The number of allylic oxidation sites excluding steroid dienone is 2. The Labute approximate surface area is 56.2 Å². The fraction of sp³-hybridized carbons (Fsp3) is 0.500. The second-order valence-electron chi connectivity index (χ2n) is 2.58. The Kier molecular flexibility index (Phi) is 1.72. The maximum absolute atomic E-state index is 5.92. The molecule has 1 aliphatic rings. The predicted molar refractivity (Wildman–Crippen MR) is 40.1 cm³/mol. The Bertz CT molecular complexity index is 147. The highest BCUT2D eigenvalue weighted by Gasteiger charge is 2.17. The smallest absolute Gasteiger partial charge is 0.0374 e. The van der Waals surface area contributed by atoms with Crippen LogP contribution in [0.3, 0.4) is 0 Å². The molecule has 0 unspecified atom stereocenters. The van der Waals surface area contributed by atoms with E-state index in [0.29, 0.717) is 0 Å². The first kappa shape index (κ1) is 6.56. The standard InChI is InChI=1S/C8H13N/c1-2-8(9)6-4-3-5-7-8/h3-6H,2,7,9H2,1H3/t8-/m1/s1. The van der Waals surface area contributed by atoms with Gasteiger partial charge in [0, 0.05) is 5.54 Å². The summed E-state index contributed by atoms with van der Waals surface area (Å²) in [5.74, 6) is 0. The van der Waals surface area contributed by atoms with Crippen LogP contribution in [0.4, 0.5) is 0 Å². The minimum atomic E-state index is -0.0469. The number of hydrogen-bond donors (Lipinski definition) is 1. The molecule has 0 spiro atoms. The summed E-state index contributed by atoms with van der Waals surface area (Å²) in [6.45, 7) is 2.11. The van der Waals surface area contributed by atoms with Crippen molar-refractivity contribution in [2.75, 3.05) is 0 Å². The Balaban J connectivity index is 2.63. The molecule has 0 saturated carbocycles. The molecule has 0 aromatic carbocycles. The first-order valence-corrected chi connectivity index (χ1v) is 3.40. The van der Waals surface area contributed by atoms with E-state index in [1.165, 1.54) is 0 Å². The largest absolute Gasteiger partial charge is 0.322 e. The zero-order valence-electron chi connectivity index (χ0n) is 5.80. The van der Waals surface area contributed by atoms with Gasteiger partial charge in [-0.05, 0) is 12.8 Å². The van der Waals surface area contributed by atoms with Crippen LogP contribution in [0, 0.1) is 0 Å². The van der Waals surface area contributed by atoms with E-state index < -0.39 is 0 Å². The lowest BCUT2D eigenvalue weighted by molar-refractivity contribution is 0.513. The maximum atomic E-state index is 5.92. The van der Waals surface area contributed by atoms with Crippen LogP contribution in [0.15, 0.2) is 24.3 Å². The van der Waals surface area contributed by atoms with E-state index in [4.69, 9.17) is 5.73 Å². The van der Waals surface area contributed by atoms with Crippen molar-refractivity contribution in [2.45, 2.75) is 25.3 Å². The molecule has 1 nitrogen and oxygen atoms in total. The third kappa shape index (κ3) is 1.42. The van der Waals surface area contributed by atoms with E-state index in [1.807, 2.05) is 12.2 Å². The lowest BCUT2D eigenvalue weighted by Gasteiger charge is -2.23. The van der Waals surface area contributed by atoms with Crippen LogP contribution in [-0.2, 0) is 0 Å². The van der Waals surface area contributed by atoms with E-state index in [9.17, 15) is 0 Å². The summed E-state index contributed by atoms with van der Waals surface area (Å²) in [5.41, 5.74) is 5.87. The SMILES string of the molecule is CC[C@@]1(N)C=CC=CC1. The summed E-state index contributed by atoms with van der Waals surface area (Å²) < 4.78 is 0. The summed E-state index contributed by atoms with van der Waals surface area (Å²) >= 11 is 0. The molecule has 1 rings (SSSR count). The average molecular weight is 123 g/mol. The van der Waals surface area contributed by atoms with Crippen LogP contribution in [0.2, 0.25) is 0 Å². The van der Waals surface area contributed by atoms with Gasteiger partial charge in [-0.3, -0.25) is 0 Å². The molecule has 0 aliphatic heterocycles. The van der Waals surface area contributed by atoms with E-state index in [2.05, 4.69) is 19.1 Å². The second kappa shape index (κ2) is 2.36. The second-order valence-corrected chi connectivity index (χ2v) is 2.58. The molecule has 1 atom stereocenters. The van der Waals surface area contributed by atoms with Gasteiger partial charge >= 0.3 is 0 Å². The van der Waals surface area contributed by atoms with Gasteiger partial charge in [0.2, 0.25) is 0 Å². The minimum absolute atomic E-state index is 0.0469. The minimum Gasteiger partial charge on any atom is -0.322 e. The average Bonchev–Trinajstić information content (AvgIpc) is 1.90. The van der Waals surface area contributed by atoms with Gasteiger partial charge < -0.3 is 5.73 Å². The lowest BCUT2D eigenvalue weighted by atomic mass is 9.90. The van der Waals surface area contributed by atoms with E-state index >= 15 is 0 Å². The van der Waals surface area contributed by atoms with Crippen molar-refractivity contribution in [1.82, 2.24) is 0 Å². The lowest BCUT2D eigenvalue weighted by Crippen LogP contribution is -2.36. The highest BCUT2D eigenvalue weighted by molar-refractivity contribution is 5.19. The van der Waals surface area contributed by atoms with Crippen molar-refractivity contribution in [3.8, 4) is 0 Å². The fourth-order valence-electron chi connectivity index (χ4n) is 0.943. The Morgan fingerprint density at radius 1 is 1.56 bits per heavy atom. The first-order chi connectivity index (χ1) is 4.27. The molecule has 0 bridgehead atoms. The molecule has 0 amide bonds. The van der Waals surface area contributed by atoms with Gasteiger partial charge in [0.1, 0.15) is 0 Å². The van der Waals surface area contributed by atoms with Crippen molar-refractivity contribution in [3.63, 3.8) is 0 Å². The summed E-state index contributed by atoms with van der Waals surface area (Å²) in [6, 6.07) is 0. The molecule has 0 aromatic rings. The van der Waals surface area contributed by atoms with Crippen LogP contribution in [-0.4, -0.2) is 5.54 Å². The Hall–Kier alpha value is -0.560. The van der Waals surface area contributed by atoms with Gasteiger partial charge in [0.05, 0.1) is 0 Å². The molecule has 1 heteroatoms. The van der Waals surface area contributed by atoms with Crippen molar-refractivity contribution >= 4 is 0 Å². The highest BCUT2D eigenvalue weighted by atomic mass is 14.7. The molecule has 50 valence electrons. The van der Waals surface area contributed by atoms with Crippen molar-refractivity contribution in [3.05, 3.63) is 24.3 Å². The van der Waals surface area contributed by atoms with Crippen LogP contribution in [0.5, 0.6) is 0 Å². The normalized spacial score (nSPS) is 33.1. The van der Waals surface area contributed by atoms with Gasteiger partial charge in [-0.2, -0.15) is 0 Å². The molecule has 9 heavy (non-hydrogen) atoms. The quantitative estimate of drug-likeness (QED) is 0.563. The highest BCUT2D eigenvalue weighted by Crippen LogP contribution is 2.17. The van der Waals surface area contributed by atoms with E-state index in [-0.39, 0.29) is 5.54 Å². The molecular weight excluding hydrogens is 110 g/mol. The third-order valence-corrected chi connectivity index (χ3v) is 1.83. The van der Waals surface area contributed by atoms with Gasteiger partial charge in [0.25, 0.3) is 0 Å². The molecule has 2 N–H and O–H groups in total. The topological polar surface area (TPSA) is 26.0 Å². The van der Waals surface area contributed by atoms with E-state index in [1.54, 1.807) is 0 Å². The van der Waals surface area contributed by atoms with Crippen LogP contribution in [0.1, 0.15) is 19.8 Å². The fourth-order valence-corrected chi connectivity index (χ4v) is 0.943. The molecule has 0 radical (unpaired) electrons. The Morgan fingerprint density at radius 2 is 2.33 bits per heavy atom. The van der Waals surface area contributed by atoms with Gasteiger partial charge in [0.15, 0.2) is 0 Å². The summed E-state index contributed by atoms with van der Waals surface area (Å²) in [7, 11) is 0. The van der Waals surface area contributed by atoms with Gasteiger partial charge in [-0.1, -0.05) is 31.2 Å².